The molecule has 108 valence electrons. The highest BCUT2D eigenvalue weighted by molar-refractivity contribution is 5.89. The van der Waals surface area contributed by atoms with E-state index in [1.54, 1.807) is 7.05 Å². The van der Waals surface area contributed by atoms with Gasteiger partial charge in [-0.05, 0) is 36.0 Å². The second-order valence-corrected chi connectivity index (χ2v) is 6.50. The Hall–Kier alpha value is -1.26. The van der Waals surface area contributed by atoms with E-state index in [4.69, 9.17) is 11.5 Å². The van der Waals surface area contributed by atoms with E-state index in [1.807, 2.05) is 0 Å². The Labute approximate surface area is 115 Å². The lowest BCUT2D eigenvalue weighted by atomic mass is 9.74. The molecule has 0 heterocycles. The smallest absolute Gasteiger partial charge is 0.224 e. The molecule has 2 aliphatic rings. The third-order valence-corrected chi connectivity index (χ3v) is 5.45. The number of nitrogens with two attached hydrogens (primary N) is 2. The fourth-order valence-electron chi connectivity index (χ4n) is 4.52. The Bertz CT molecular complexity index is 420. The zero-order chi connectivity index (χ0) is 14.4. The molecule has 2 fully saturated rings. The maximum absolute atomic E-state index is 11.8. The molecule has 0 radical (unpaired) electrons. The van der Waals surface area contributed by atoms with E-state index in [9.17, 15) is 4.79 Å². The summed E-state index contributed by atoms with van der Waals surface area (Å²) in [4.78, 5) is 15.7. The molecule has 5 heteroatoms. The molecule has 1 amide bonds. The molecule has 0 saturated heterocycles. The minimum atomic E-state index is -0.248. The van der Waals surface area contributed by atoms with Crippen LogP contribution in [0.25, 0.3) is 0 Å². The van der Waals surface area contributed by atoms with Crippen LogP contribution in [0.5, 0.6) is 0 Å². The van der Waals surface area contributed by atoms with Crippen molar-refractivity contribution in [3.63, 3.8) is 0 Å². The predicted molar refractivity (Wildman–Crippen MR) is 76.3 cm³/mol. The number of primary amides is 1. The van der Waals surface area contributed by atoms with E-state index in [-0.39, 0.29) is 16.7 Å². The SMILES string of the molecule is CN=C(N)NCCCC1(C(N)=O)C2C(C(C)C)C21C. The first-order valence-electron chi connectivity index (χ1n) is 7.10. The summed E-state index contributed by atoms with van der Waals surface area (Å²) < 4.78 is 0. The zero-order valence-corrected chi connectivity index (χ0v) is 12.4. The van der Waals surface area contributed by atoms with Gasteiger partial charge in [-0.1, -0.05) is 20.8 Å². The number of carbonyl (C=O) groups excluding carboxylic acids is 1. The standard InChI is InChI=1S/C14H26N4O/c1-8(2)9-10-13(9,3)14(10,11(15)19)6-5-7-18-12(16)17-4/h8-10H,5-7H2,1-4H3,(H2,15,19)(H3,16,17,18). The molecule has 0 aromatic carbocycles. The second-order valence-electron chi connectivity index (χ2n) is 6.50. The molecule has 2 rings (SSSR count). The van der Waals surface area contributed by atoms with Gasteiger partial charge < -0.3 is 16.8 Å². The van der Waals surface area contributed by atoms with Gasteiger partial charge in [0.2, 0.25) is 5.91 Å². The van der Waals surface area contributed by atoms with Gasteiger partial charge in [-0.3, -0.25) is 9.79 Å². The fraction of sp³-hybridized carbons (Fsp3) is 0.857. The fourth-order valence-corrected chi connectivity index (χ4v) is 4.52. The molecule has 2 saturated carbocycles. The second kappa shape index (κ2) is 4.39. The third-order valence-electron chi connectivity index (χ3n) is 5.45. The molecule has 0 aromatic heterocycles. The minimum Gasteiger partial charge on any atom is -0.370 e. The van der Waals surface area contributed by atoms with E-state index >= 15 is 0 Å². The Morgan fingerprint density at radius 3 is 2.42 bits per heavy atom. The Morgan fingerprint density at radius 1 is 1.42 bits per heavy atom. The number of carbonyl (C=O) groups is 1. The number of rotatable bonds is 6. The van der Waals surface area contributed by atoms with Crippen molar-refractivity contribution in [1.29, 1.82) is 0 Å². The van der Waals surface area contributed by atoms with Crippen molar-refractivity contribution >= 4 is 11.9 Å². The van der Waals surface area contributed by atoms with Gasteiger partial charge in [-0.15, -0.1) is 0 Å². The molecule has 0 spiro atoms. The van der Waals surface area contributed by atoms with Crippen LogP contribution in [0.2, 0.25) is 0 Å². The lowest BCUT2D eigenvalue weighted by Crippen LogP contribution is -2.39. The Morgan fingerprint density at radius 2 is 2.00 bits per heavy atom. The first-order valence-corrected chi connectivity index (χ1v) is 7.10. The predicted octanol–water partition coefficient (Wildman–Crippen LogP) is 0.694. The van der Waals surface area contributed by atoms with Gasteiger partial charge >= 0.3 is 0 Å². The monoisotopic (exact) mass is 266 g/mol. The van der Waals surface area contributed by atoms with E-state index in [0.717, 1.165) is 19.4 Å². The molecule has 4 unspecified atom stereocenters. The average Bonchev–Trinajstić information content (AvgIpc) is 3.12. The van der Waals surface area contributed by atoms with Crippen LogP contribution in [0.3, 0.4) is 0 Å². The largest absolute Gasteiger partial charge is 0.370 e. The van der Waals surface area contributed by atoms with Gasteiger partial charge in [0.1, 0.15) is 0 Å². The van der Waals surface area contributed by atoms with Crippen molar-refractivity contribution in [2.24, 2.45) is 45.0 Å². The summed E-state index contributed by atoms with van der Waals surface area (Å²) >= 11 is 0. The molecule has 0 aliphatic heterocycles. The minimum absolute atomic E-state index is 0.117. The first-order chi connectivity index (χ1) is 8.84. The summed E-state index contributed by atoms with van der Waals surface area (Å²) in [5, 5.41) is 3.02. The number of hydrogen-bond acceptors (Lipinski definition) is 2. The molecule has 19 heavy (non-hydrogen) atoms. The van der Waals surface area contributed by atoms with Crippen molar-refractivity contribution in [2.45, 2.75) is 33.6 Å². The van der Waals surface area contributed by atoms with Crippen molar-refractivity contribution < 1.29 is 4.79 Å². The van der Waals surface area contributed by atoms with Crippen LogP contribution in [0.4, 0.5) is 0 Å². The van der Waals surface area contributed by atoms with Crippen LogP contribution >= 0.6 is 0 Å². The number of fused-ring (bicyclic) bond motifs is 1. The molecule has 2 aliphatic carbocycles. The van der Waals surface area contributed by atoms with Crippen molar-refractivity contribution in [3.05, 3.63) is 0 Å². The van der Waals surface area contributed by atoms with Gasteiger partial charge in [0.25, 0.3) is 0 Å². The average molecular weight is 266 g/mol. The summed E-state index contributed by atoms with van der Waals surface area (Å²) in [6, 6.07) is 0. The third kappa shape index (κ3) is 1.74. The Balaban J connectivity index is 1.87. The van der Waals surface area contributed by atoms with Gasteiger partial charge in [0.15, 0.2) is 5.96 Å². The maximum Gasteiger partial charge on any atom is 0.224 e. The summed E-state index contributed by atoms with van der Waals surface area (Å²) in [5.74, 6) is 2.16. The molecule has 5 N–H and O–H groups in total. The molecule has 5 nitrogen and oxygen atoms in total. The number of nitrogens with zero attached hydrogens (tertiary/aromatic N) is 1. The van der Waals surface area contributed by atoms with E-state index < -0.39 is 0 Å². The van der Waals surface area contributed by atoms with Gasteiger partial charge in [-0.2, -0.15) is 0 Å². The van der Waals surface area contributed by atoms with Gasteiger partial charge in [0, 0.05) is 13.6 Å². The number of nitrogens with one attached hydrogen (secondary N) is 1. The number of aliphatic imine (C=N–C) groups is 1. The lowest BCUT2D eigenvalue weighted by Gasteiger charge is -2.29. The highest BCUT2D eigenvalue weighted by Crippen LogP contribution is 2.93. The summed E-state index contributed by atoms with van der Waals surface area (Å²) in [6.07, 6.45) is 1.76. The van der Waals surface area contributed by atoms with E-state index in [1.165, 1.54) is 0 Å². The van der Waals surface area contributed by atoms with Gasteiger partial charge in [0.05, 0.1) is 5.41 Å². The lowest BCUT2D eigenvalue weighted by molar-refractivity contribution is -0.127. The molecular formula is C14H26N4O. The van der Waals surface area contributed by atoms with Crippen LogP contribution in [-0.2, 0) is 4.79 Å². The molecule has 0 bridgehead atoms. The molecule has 4 atom stereocenters. The normalized spacial score (nSPS) is 39.9. The van der Waals surface area contributed by atoms with Crippen molar-refractivity contribution in [3.8, 4) is 0 Å². The van der Waals surface area contributed by atoms with E-state index in [2.05, 4.69) is 31.1 Å². The van der Waals surface area contributed by atoms with Gasteiger partial charge in [-0.25, -0.2) is 0 Å². The molecular weight excluding hydrogens is 240 g/mol. The number of guanidine groups is 1. The van der Waals surface area contributed by atoms with Crippen molar-refractivity contribution in [2.75, 3.05) is 13.6 Å². The van der Waals surface area contributed by atoms with Crippen LogP contribution in [0, 0.1) is 28.6 Å². The van der Waals surface area contributed by atoms with Crippen LogP contribution in [-0.4, -0.2) is 25.5 Å². The summed E-state index contributed by atoms with van der Waals surface area (Å²) in [5.41, 5.74) is 11.1. The molecule has 0 aromatic rings. The highest BCUT2D eigenvalue weighted by atomic mass is 16.1. The van der Waals surface area contributed by atoms with Crippen molar-refractivity contribution in [1.82, 2.24) is 5.32 Å². The summed E-state index contributed by atoms with van der Waals surface area (Å²) in [7, 11) is 1.65. The van der Waals surface area contributed by atoms with Crippen LogP contribution in [0.15, 0.2) is 4.99 Å². The maximum atomic E-state index is 11.8. The van der Waals surface area contributed by atoms with E-state index in [0.29, 0.717) is 23.7 Å². The zero-order valence-electron chi connectivity index (χ0n) is 12.4. The number of amides is 1. The highest BCUT2D eigenvalue weighted by Gasteiger charge is 2.94. The summed E-state index contributed by atoms with van der Waals surface area (Å²) in [6.45, 7) is 7.43. The van der Waals surface area contributed by atoms with Crippen LogP contribution < -0.4 is 16.8 Å². The Kier molecular flexibility index (Phi) is 3.27. The quantitative estimate of drug-likeness (QED) is 0.375. The van der Waals surface area contributed by atoms with Crippen LogP contribution in [0.1, 0.15) is 33.6 Å². The number of hydrogen-bond donors (Lipinski definition) is 3. The topological polar surface area (TPSA) is 93.5 Å². The first kappa shape index (κ1) is 14.2.